The molecular formula is C23H28N3O3S+. The highest BCUT2D eigenvalue weighted by atomic mass is 32.2. The number of hydrogen-bond donors (Lipinski definition) is 1. The van der Waals surface area contributed by atoms with Crippen LogP contribution in [0.1, 0.15) is 29.5 Å². The Balaban J connectivity index is 1.34. The minimum atomic E-state index is -3.51. The number of sulfonamides is 1. The lowest BCUT2D eigenvalue weighted by Crippen LogP contribution is -3.13. The van der Waals surface area contributed by atoms with Crippen LogP contribution < -0.4 is 9.80 Å². The SMILES string of the molecule is O=C1CCc2cc(S(=O)(=O)N3CC[NH+](Cc4ccccc4)CC3)cc3c2N1CCC3. The molecule has 158 valence electrons. The number of benzene rings is 2. The van der Waals surface area contributed by atoms with Crippen LogP contribution in [0.5, 0.6) is 0 Å². The fraction of sp³-hybridized carbons (Fsp3) is 0.435. The van der Waals surface area contributed by atoms with Crippen molar-refractivity contribution in [1.29, 1.82) is 0 Å². The Morgan fingerprint density at radius 3 is 2.33 bits per heavy atom. The maximum atomic E-state index is 13.4. The monoisotopic (exact) mass is 426 g/mol. The zero-order valence-corrected chi connectivity index (χ0v) is 18.0. The topological polar surface area (TPSA) is 62.1 Å². The zero-order chi connectivity index (χ0) is 20.7. The molecule has 1 N–H and O–H groups in total. The van der Waals surface area contributed by atoms with Crippen molar-refractivity contribution in [3.63, 3.8) is 0 Å². The maximum Gasteiger partial charge on any atom is 0.243 e. The molecular weight excluding hydrogens is 398 g/mol. The van der Waals surface area contributed by atoms with E-state index < -0.39 is 10.0 Å². The summed E-state index contributed by atoms with van der Waals surface area (Å²) in [4.78, 5) is 15.9. The zero-order valence-electron chi connectivity index (χ0n) is 17.1. The van der Waals surface area contributed by atoms with Crippen molar-refractivity contribution < 1.29 is 18.1 Å². The summed E-state index contributed by atoms with van der Waals surface area (Å²) in [5.74, 6) is 0.163. The van der Waals surface area contributed by atoms with Crippen molar-refractivity contribution >= 4 is 21.6 Å². The molecule has 3 heterocycles. The van der Waals surface area contributed by atoms with Gasteiger partial charge in [-0.15, -0.1) is 0 Å². The van der Waals surface area contributed by atoms with Crippen molar-refractivity contribution in [2.24, 2.45) is 0 Å². The normalized spacial score (nSPS) is 20.3. The first-order valence-corrected chi connectivity index (χ1v) is 12.3. The van der Waals surface area contributed by atoms with Gasteiger partial charge in [0.05, 0.1) is 36.8 Å². The van der Waals surface area contributed by atoms with Crippen LogP contribution in [-0.2, 0) is 34.2 Å². The average Bonchev–Trinajstić information content (AvgIpc) is 2.77. The third-order valence-corrected chi connectivity index (χ3v) is 8.49. The van der Waals surface area contributed by atoms with E-state index in [0.717, 1.165) is 55.8 Å². The molecule has 1 fully saturated rings. The molecule has 0 unspecified atom stereocenters. The van der Waals surface area contributed by atoms with Gasteiger partial charge in [0, 0.05) is 18.5 Å². The third kappa shape index (κ3) is 3.55. The van der Waals surface area contributed by atoms with Gasteiger partial charge in [-0.25, -0.2) is 8.42 Å². The summed E-state index contributed by atoms with van der Waals surface area (Å²) in [5, 5.41) is 0. The number of aryl methyl sites for hydroxylation is 2. The van der Waals surface area contributed by atoms with Gasteiger partial charge in [0.1, 0.15) is 6.54 Å². The molecule has 30 heavy (non-hydrogen) atoms. The number of anilines is 1. The van der Waals surface area contributed by atoms with Gasteiger partial charge in [0.25, 0.3) is 0 Å². The number of quaternary nitrogens is 1. The maximum absolute atomic E-state index is 13.4. The first-order valence-electron chi connectivity index (χ1n) is 10.9. The van der Waals surface area contributed by atoms with Crippen LogP contribution >= 0.6 is 0 Å². The second-order valence-electron chi connectivity index (χ2n) is 8.56. The van der Waals surface area contributed by atoms with E-state index in [1.54, 1.807) is 4.31 Å². The van der Waals surface area contributed by atoms with Crippen molar-refractivity contribution in [2.45, 2.75) is 37.1 Å². The number of carbonyl (C=O) groups excluding carboxylic acids is 1. The Bertz CT molecular complexity index is 1040. The highest BCUT2D eigenvalue weighted by Crippen LogP contribution is 2.38. The largest absolute Gasteiger partial charge is 0.329 e. The fourth-order valence-corrected chi connectivity index (χ4v) is 6.57. The number of rotatable bonds is 4. The number of amides is 1. The Hall–Kier alpha value is -2.22. The summed E-state index contributed by atoms with van der Waals surface area (Å²) in [7, 11) is -3.51. The lowest BCUT2D eigenvalue weighted by Gasteiger charge is -2.36. The highest BCUT2D eigenvalue weighted by molar-refractivity contribution is 7.89. The minimum Gasteiger partial charge on any atom is -0.329 e. The van der Waals surface area contributed by atoms with Crippen molar-refractivity contribution in [1.82, 2.24) is 4.31 Å². The van der Waals surface area contributed by atoms with Crippen LogP contribution in [0.2, 0.25) is 0 Å². The van der Waals surface area contributed by atoms with E-state index in [1.807, 2.05) is 35.2 Å². The van der Waals surface area contributed by atoms with Gasteiger partial charge in [0.15, 0.2) is 0 Å². The van der Waals surface area contributed by atoms with Gasteiger partial charge in [-0.3, -0.25) is 4.79 Å². The lowest BCUT2D eigenvalue weighted by molar-refractivity contribution is -0.917. The number of hydrogen-bond acceptors (Lipinski definition) is 3. The predicted octanol–water partition coefficient (Wildman–Crippen LogP) is 1.00. The summed E-state index contributed by atoms with van der Waals surface area (Å²) in [6.45, 7) is 4.39. The molecule has 0 spiro atoms. The minimum absolute atomic E-state index is 0.163. The van der Waals surface area contributed by atoms with Gasteiger partial charge in [-0.2, -0.15) is 4.31 Å². The van der Waals surface area contributed by atoms with Gasteiger partial charge in [-0.1, -0.05) is 30.3 Å². The summed E-state index contributed by atoms with van der Waals surface area (Å²) < 4.78 is 28.5. The summed E-state index contributed by atoms with van der Waals surface area (Å²) >= 11 is 0. The number of carbonyl (C=O) groups is 1. The Morgan fingerprint density at radius 2 is 1.60 bits per heavy atom. The van der Waals surface area contributed by atoms with Crippen molar-refractivity contribution in [3.8, 4) is 0 Å². The number of nitrogens with zero attached hydrogens (tertiary/aromatic N) is 2. The molecule has 0 saturated carbocycles. The van der Waals surface area contributed by atoms with Gasteiger partial charge in [-0.05, 0) is 42.5 Å². The van der Waals surface area contributed by atoms with Gasteiger partial charge in [0.2, 0.25) is 15.9 Å². The number of piperazine rings is 1. The molecule has 2 aromatic rings. The molecule has 6 nitrogen and oxygen atoms in total. The smallest absolute Gasteiger partial charge is 0.243 e. The second kappa shape index (κ2) is 7.80. The quantitative estimate of drug-likeness (QED) is 0.794. The van der Waals surface area contributed by atoms with Crippen LogP contribution in [0.15, 0.2) is 47.4 Å². The van der Waals surface area contributed by atoms with Crippen molar-refractivity contribution in [3.05, 3.63) is 59.2 Å². The van der Waals surface area contributed by atoms with Crippen LogP contribution in [0.4, 0.5) is 5.69 Å². The molecule has 7 heteroatoms. The molecule has 2 aromatic carbocycles. The van der Waals surface area contributed by atoms with Crippen LogP contribution in [-0.4, -0.2) is 51.4 Å². The van der Waals surface area contributed by atoms with E-state index >= 15 is 0 Å². The molecule has 0 aliphatic carbocycles. The summed E-state index contributed by atoms with van der Waals surface area (Å²) in [6.07, 6.45) is 2.83. The molecule has 3 aliphatic heterocycles. The molecule has 0 atom stereocenters. The van der Waals surface area contributed by atoms with Crippen molar-refractivity contribution in [2.75, 3.05) is 37.6 Å². The fourth-order valence-electron chi connectivity index (χ4n) is 5.02. The second-order valence-corrected chi connectivity index (χ2v) is 10.5. The highest BCUT2D eigenvalue weighted by Gasteiger charge is 2.34. The molecule has 0 radical (unpaired) electrons. The third-order valence-electron chi connectivity index (χ3n) is 6.61. The number of nitrogens with one attached hydrogen (secondary N) is 1. The van der Waals surface area contributed by atoms with Gasteiger partial charge >= 0.3 is 0 Å². The first kappa shape index (κ1) is 19.7. The molecule has 1 amide bonds. The Morgan fingerprint density at radius 1 is 0.900 bits per heavy atom. The van der Waals surface area contributed by atoms with Crippen LogP contribution in [0.3, 0.4) is 0 Å². The molecule has 3 aliphatic rings. The molecule has 0 bridgehead atoms. The molecule has 5 rings (SSSR count). The molecule has 1 saturated heterocycles. The van der Waals surface area contributed by atoms with E-state index in [4.69, 9.17) is 0 Å². The standard InChI is InChI=1S/C23H27N3O3S/c27-22-9-8-20-16-21(15-19-7-4-10-26(22)23(19)20)30(28,29)25-13-11-24(12-14-25)17-18-5-2-1-3-6-18/h1-3,5-6,15-16H,4,7-14,17H2/p+1. The average molecular weight is 427 g/mol. The first-order chi connectivity index (χ1) is 14.5. The Kier molecular flexibility index (Phi) is 5.13. The van der Waals surface area contributed by atoms with E-state index in [2.05, 4.69) is 12.1 Å². The van der Waals surface area contributed by atoms with E-state index in [-0.39, 0.29) is 5.91 Å². The summed E-state index contributed by atoms with van der Waals surface area (Å²) in [5.41, 5.74) is 4.29. The van der Waals surface area contributed by atoms with Crippen LogP contribution in [0, 0.1) is 0 Å². The lowest BCUT2D eigenvalue weighted by atomic mass is 9.92. The predicted molar refractivity (Wildman–Crippen MR) is 115 cm³/mol. The van der Waals surface area contributed by atoms with E-state index in [9.17, 15) is 13.2 Å². The molecule has 0 aromatic heterocycles. The van der Waals surface area contributed by atoms with E-state index in [0.29, 0.717) is 30.8 Å². The van der Waals surface area contributed by atoms with E-state index in [1.165, 1.54) is 10.5 Å². The summed E-state index contributed by atoms with van der Waals surface area (Å²) in [6, 6.07) is 14.0. The Labute approximate surface area is 178 Å². The van der Waals surface area contributed by atoms with Crippen LogP contribution in [0.25, 0.3) is 0 Å². The van der Waals surface area contributed by atoms with Gasteiger partial charge < -0.3 is 9.80 Å².